The molecule has 2 unspecified atom stereocenters. The van der Waals surface area contributed by atoms with E-state index in [-0.39, 0.29) is 24.5 Å². The molecule has 3 atom stereocenters. The van der Waals surface area contributed by atoms with Gasteiger partial charge in [0.15, 0.2) is 0 Å². The van der Waals surface area contributed by atoms with Crippen molar-refractivity contribution >= 4 is 17.8 Å². The molecule has 2 amide bonds. The summed E-state index contributed by atoms with van der Waals surface area (Å²) in [5.41, 5.74) is 0.970. The number of benzene rings is 1. The van der Waals surface area contributed by atoms with Crippen LogP contribution >= 0.6 is 0 Å². The topological polar surface area (TPSA) is 106 Å². The second-order valence-corrected chi connectivity index (χ2v) is 7.47. The lowest BCUT2D eigenvalue weighted by Gasteiger charge is -2.26. The molecule has 2 fully saturated rings. The van der Waals surface area contributed by atoms with Crippen molar-refractivity contribution in [3.05, 3.63) is 35.9 Å². The van der Waals surface area contributed by atoms with Gasteiger partial charge in [-0.05, 0) is 25.3 Å². The smallest absolute Gasteiger partial charge is 0.325 e. The molecule has 1 saturated carbocycles. The zero-order valence-electron chi connectivity index (χ0n) is 16.3. The van der Waals surface area contributed by atoms with Crippen LogP contribution in [0.2, 0.25) is 0 Å². The molecule has 1 saturated heterocycles. The molecule has 2 aliphatic rings. The molecule has 0 spiro atoms. The second kappa shape index (κ2) is 9.68. The fourth-order valence-electron chi connectivity index (χ4n) is 3.67. The molecular weight excluding hydrogens is 358 g/mol. The van der Waals surface area contributed by atoms with Gasteiger partial charge in [-0.15, -0.1) is 0 Å². The van der Waals surface area contributed by atoms with E-state index in [0.29, 0.717) is 6.42 Å². The van der Waals surface area contributed by atoms with Crippen LogP contribution in [0, 0.1) is 0 Å². The molecule has 1 aliphatic heterocycles. The molecule has 28 heavy (non-hydrogen) atoms. The van der Waals surface area contributed by atoms with Gasteiger partial charge in [-0.25, -0.2) is 0 Å². The van der Waals surface area contributed by atoms with Crippen molar-refractivity contribution in [3.63, 3.8) is 0 Å². The normalized spacial score (nSPS) is 22.8. The third-order valence-corrected chi connectivity index (χ3v) is 5.27. The van der Waals surface area contributed by atoms with Crippen molar-refractivity contribution in [1.29, 1.82) is 0 Å². The summed E-state index contributed by atoms with van der Waals surface area (Å²) in [5.74, 6) is -0.955. The summed E-state index contributed by atoms with van der Waals surface area (Å²) in [4.78, 5) is 37.2. The van der Waals surface area contributed by atoms with E-state index in [0.717, 1.165) is 31.2 Å². The molecule has 152 valence electrons. The van der Waals surface area contributed by atoms with Crippen LogP contribution < -0.4 is 16.0 Å². The summed E-state index contributed by atoms with van der Waals surface area (Å²) in [7, 11) is 0. The predicted molar refractivity (Wildman–Crippen MR) is 104 cm³/mol. The highest BCUT2D eigenvalue weighted by molar-refractivity contribution is 5.97. The minimum Gasteiger partial charge on any atom is -0.465 e. The van der Waals surface area contributed by atoms with E-state index in [2.05, 4.69) is 16.0 Å². The van der Waals surface area contributed by atoms with Crippen molar-refractivity contribution in [2.75, 3.05) is 6.61 Å². The van der Waals surface area contributed by atoms with E-state index < -0.39 is 24.1 Å². The Morgan fingerprint density at radius 1 is 1.11 bits per heavy atom. The number of hydrogen-bond donors (Lipinski definition) is 3. The highest BCUT2D eigenvalue weighted by Gasteiger charge is 2.49. The fourth-order valence-corrected chi connectivity index (χ4v) is 3.67. The first-order chi connectivity index (χ1) is 13.6. The van der Waals surface area contributed by atoms with Gasteiger partial charge in [0.05, 0.1) is 6.61 Å². The van der Waals surface area contributed by atoms with Gasteiger partial charge in [-0.1, -0.05) is 49.6 Å². The largest absolute Gasteiger partial charge is 0.465 e. The third kappa shape index (κ3) is 5.55. The quantitative estimate of drug-likeness (QED) is 0.457. The lowest BCUT2D eigenvalue weighted by molar-refractivity contribution is -0.143. The Balaban J connectivity index is 1.61. The van der Waals surface area contributed by atoms with E-state index in [1.54, 1.807) is 6.92 Å². The van der Waals surface area contributed by atoms with Gasteiger partial charge in [-0.2, -0.15) is 0 Å². The van der Waals surface area contributed by atoms with E-state index in [4.69, 9.17) is 4.74 Å². The summed E-state index contributed by atoms with van der Waals surface area (Å²) in [5, 5.41) is 8.74. The maximum atomic E-state index is 12.9. The number of amides is 2. The van der Waals surface area contributed by atoms with Crippen molar-refractivity contribution in [1.82, 2.24) is 16.0 Å². The van der Waals surface area contributed by atoms with Crippen molar-refractivity contribution in [3.8, 4) is 0 Å². The number of carbonyl (C=O) groups is 3. The van der Waals surface area contributed by atoms with Crippen LogP contribution in [0.4, 0.5) is 0 Å². The Kier molecular flexibility index (Phi) is 7.03. The summed E-state index contributed by atoms with van der Waals surface area (Å²) in [6, 6.07) is 7.83. The van der Waals surface area contributed by atoms with Gasteiger partial charge >= 0.3 is 5.97 Å². The molecule has 7 nitrogen and oxygen atoms in total. The van der Waals surface area contributed by atoms with Gasteiger partial charge in [0, 0.05) is 12.5 Å². The van der Waals surface area contributed by atoms with Crippen LogP contribution in [0.3, 0.4) is 0 Å². The van der Waals surface area contributed by atoms with Crippen molar-refractivity contribution in [2.24, 2.45) is 0 Å². The first kappa shape index (κ1) is 20.3. The minimum atomic E-state index is -0.679. The monoisotopic (exact) mass is 387 g/mol. The predicted octanol–water partition coefficient (Wildman–Crippen LogP) is 1.07. The summed E-state index contributed by atoms with van der Waals surface area (Å²) < 4.78 is 4.93. The molecule has 1 aliphatic carbocycles. The Labute approximate surface area is 165 Å². The van der Waals surface area contributed by atoms with Gasteiger partial charge in [0.2, 0.25) is 11.8 Å². The molecule has 0 aromatic heterocycles. The van der Waals surface area contributed by atoms with Crippen molar-refractivity contribution in [2.45, 2.75) is 69.6 Å². The van der Waals surface area contributed by atoms with Crippen LogP contribution in [-0.4, -0.2) is 48.6 Å². The number of ether oxygens (including phenoxy) is 1. The minimum absolute atomic E-state index is 0.169. The molecule has 0 radical (unpaired) electrons. The SMILES string of the molecule is CCOC(=O)C1NC1C(=O)N[C@@H](Cc1ccccc1)C(=O)NC1CCCCC1. The van der Waals surface area contributed by atoms with Crippen LogP contribution in [0.15, 0.2) is 30.3 Å². The number of carbonyl (C=O) groups excluding carboxylic acids is 3. The van der Waals surface area contributed by atoms with Crippen LogP contribution in [0.25, 0.3) is 0 Å². The van der Waals surface area contributed by atoms with E-state index in [9.17, 15) is 14.4 Å². The second-order valence-electron chi connectivity index (χ2n) is 7.47. The molecule has 3 rings (SSSR count). The van der Waals surface area contributed by atoms with E-state index >= 15 is 0 Å². The van der Waals surface area contributed by atoms with Crippen LogP contribution in [-0.2, 0) is 25.5 Å². The first-order valence-electron chi connectivity index (χ1n) is 10.2. The first-order valence-corrected chi connectivity index (χ1v) is 10.2. The molecule has 3 N–H and O–H groups in total. The van der Waals surface area contributed by atoms with Gasteiger partial charge in [0.25, 0.3) is 0 Å². The number of rotatable bonds is 8. The van der Waals surface area contributed by atoms with Gasteiger partial charge < -0.3 is 15.4 Å². The van der Waals surface area contributed by atoms with Crippen molar-refractivity contribution < 1.29 is 19.1 Å². The van der Waals surface area contributed by atoms with Crippen LogP contribution in [0.5, 0.6) is 0 Å². The average molecular weight is 387 g/mol. The van der Waals surface area contributed by atoms with E-state index in [1.165, 1.54) is 6.42 Å². The van der Waals surface area contributed by atoms with Crippen LogP contribution in [0.1, 0.15) is 44.6 Å². The molecular formula is C21H29N3O4. The summed E-state index contributed by atoms with van der Waals surface area (Å²) in [6.45, 7) is 1.99. The average Bonchev–Trinajstić information content (AvgIpc) is 3.50. The zero-order valence-corrected chi connectivity index (χ0v) is 16.3. The standard InChI is InChI=1S/C21H29N3O4/c1-2-28-21(27)18-17(24-18)20(26)23-16(13-14-9-5-3-6-10-14)19(25)22-15-11-7-4-8-12-15/h3,5-6,9-10,15-18,24H,2,4,7-8,11-13H2,1H3,(H,22,25)(H,23,26)/t16-,17?,18?/m0/s1. The van der Waals surface area contributed by atoms with E-state index in [1.807, 2.05) is 30.3 Å². The number of esters is 1. The maximum absolute atomic E-state index is 12.9. The lowest BCUT2D eigenvalue weighted by Crippen LogP contribution is -2.52. The lowest BCUT2D eigenvalue weighted by atomic mass is 9.95. The Bertz CT molecular complexity index is 688. The summed E-state index contributed by atoms with van der Waals surface area (Å²) in [6.07, 6.45) is 5.81. The molecule has 7 heteroatoms. The fraction of sp³-hybridized carbons (Fsp3) is 0.571. The molecule has 0 bridgehead atoms. The zero-order chi connectivity index (χ0) is 19.9. The molecule has 1 aromatic rings. The molecule has 1 heterocycles. The Morgan fingerprint density at radius 2 is 1.82 bits per heavy atom. The third-order valence-electron chi connectivity index (χ3n) is 5.27. The highest BCUT2D eigenvalue weighted by atomic mass is 16.5. The van der Waals surface area contributed by atoms with Gasteiger partial charge in [0.1, 0.15) is 18.1 Å². The molecule has 1 aromatic carbocycles. The highest BCUT2D eigenvalue weighted by Crippen LogP contribution is 2.18. The maximum Gasteiger partial charge on any atom is 0.325 e. The number of hydrogen-bond acceptors (Lipinski definition) is 5. The summed E-state index contributed by atoms with van der Waals surface area (Å²) >= 11 is 0. The van der Waals surface area contributed by atoms with Gasteiger partial charge in [-0.3, -0.25) is 19.7 Å². The Hall–Kier alpha value is -2.41. The Morgan fingerprint density at radius 3 is 2.50 bits per heavy atom. The number of nitrogens with one attached hydrogen (secondary N) is 3.